The Hall–Kier alpha value is -2.57. The quantitative estimate of drug-likeness (QED) is 0.713. The Kier molecular flexibility index (Phi) is 4.54. The van der Waals surface area contributed by atoms with E-state index in [2.05, 4.69) is 15.5 Å². The molecule has 130 valence electrons. The van der Waals surface area contributed by atoms with Crippen LogP contribution >= 0.6 is 0 Å². The molecule has 1 aliphatic rings. The number of ether oxygens (including phenoxy) is 3. The van der Waals surface area contributed by atoms with E-state index in [0.717, 1.165) is 40.2 Å². The van der Waals surface area contributed by atoms with Crippen molar-refractivity contribution in [1.82, 2.24) is 15.5 Å². The largest absolute Gasteiger partial charge is 0.492 e. The number of fused-ring (bicyclic) bond motifs is 4. The van der Waals surface area contributed by atoms with Crippen LogP contribution in [0.3, 0.4) is 0 Å². The topological polar surface area (TPSA) is 68.4 Å². The Labute approximate surface area is 146 Å². The van der Waals surface area contributed by atoms with Crippen molar-refractivity contribution in [3.63, 3.8) is 0 Å². The highest BCUT2D eigenvalue weighted by atomic mass is 16.5. The highest BCUT2D eigenvalue weighted by Crippen LogP contribution is 2.31. The zero-order chi connectivity index (χ0) is 17.1. The van der Waals surface area contributed by atoms with Gasteiger partial charge in [0.1, 0.15) is 36.5 Å². The molecule has 6 nitrogen and oxygen atoms in total. The molecule has 4 rings (SSSR count). The van der Waals surface area contributed by atoms with Gasteiger partial charge >= 0.3 is 0 Å². The van der Waals surface area contributed by atoms with Gasteiger partial charge in [-0.05, 0) is 30.3 Å². The van der Waals surface area contributed by atoms with Gasteiger partial charge in [-0.15, -0.1) is 0 Å². The first-order valence-electron chi connectivity index (χ1n) is 8.41. The number of methoxy groups -OCH3 is 1. The maximum Gasteiger partial charge on any atom is 0.120 e. The molecule has 1 aliphatic heterocycles. The molecule has 2 aromatic carbocycles. The van der Waals surface area contributed by atoms with Crippen LogP contribution < -0.4 is 14.8 Å². The van der Waals surface area contributed by atoms with Gasteiger partial charge in [-0.25, -0.2) is 0 Å². The van der Waals surface area contributed by atoms with Gasteiger partial charge in [0.05, 0.1) is 5.52 Å². The van der Waals surface area contributed by atoms with Crippen molar-refractivity contribution in [2.45, 2.75) is 6.10 Å². The molecule has 3 aromatic rings. The SMILES string of the molecule is COC1CNCCOc2cccc(c2)-c2n[nH]c3ccc(cc23)OC1. The Morgan fingerprint density at radius 1 is 1.12 bits per heavy atom. The maximum atomic E-state index is 5.93. The molecule has 1 atom stereocenters. The number of hydrogen-bond donors (Lipinski definition) is 2. The second-order valence-corrected chi connectivity index (χ2v) is 6.03. The lowest BCUT2D eigenvalue weighted by Crippen LogP contribution is -2.35. The molecule has 0 saturated carbocycles. The van der Waals surface area contributed by atoms with Crippen molar-refractivity contribution < 1.29 is 14.2 Å². The first kappa shape index (κ1) is 15.9. The van der Waals surface area contributed by atoms with Crippen molar-refractivity contribution in [3.8, 4) is 22.8 Å². The summed E-state index contributed by atoms with van der Waals surface area (Å²) in [6.07, 6.45) is -0.0225. The van der Waals surface area contributed by atoms with E-state index in [0.29, 0.717) is 19.8 Å². The molecular weight excluding hydrogens is 318 g/mol. The molecule has 0 spiro atoms. The third-order valence-electron chi connectivity index (χ3n) is 4.33. The molecule has 1 aromatic heterocycles. The summed E-state index contributed by atoms with van der Waals surface area (Å²) < 4.78 is 17.3. The maximum absolute atomic E-state index is 5.93. The van der Waals surface area contributed by atoms with Crippen LogP contribution in [0.25, 0.3) is 22.2 Å². The van der Waals surface area contributed by atoms with Crippen LogP contribution in [0.15, 0.2) is 42.5 Å². The lowest BCUT2D eigenvalue weighted by Gasteiger charge is -2.17. The van der Waals surface area contributed by atoms with Crippen molar-refractivity contribution in [2.24, 2.45) is 0 Å². The molecular formula is C19H21N3O3. The lowest BCUT2D eigenvalue weighted by atomic mass is 10.1. The van der Waals surface area contributed by atoms with Gasteiger partial charge in [-0.1, -0.05) is 12.1 Å². The third kappa shape index (κ3) is 3.45. The van der Waals surface area contributed by atoms with Gasteiger partial charge in [0.25, 0.3) is 0 Å². The van der Waals surface area contributed by atoms with Crippen LogP contribution in [0.2, 0.25) is 0 Å². The first-order chi connectivity index (χ1) is 12.3. The molecule has 0 saturated heterocycles. The van der Waals surface area contributed by atoms with Crippen molar-refractivity contribution in [3.05, 3.63) is 42.5 Å². The molecule has 0 radical (unpaired) electrons. The van der Waals surface area contributed by atoms with E-state index in [1.54, 1.807) is 7.11 Å². The van der Waals surface area contributed by atoms with Crippen LogP contribution in [0.4, 0.5) is 0 Å². The summed E-state index contributed by atoms with van der Waals surface area (Å²) >= 11 is 0. The molecule has 0 aliphatic carbocycles. The Morgan fingerprint density at radius 3 is 2.96 bits per heavy atom. The summed E-state index contributed by atoms with van der Waals surface area (Å²) in [6, 6.07) is 13.9. The fraction of sp³-hybridized carbons (Fsp3) is 0.316. The van der Waals surface area contributed by atoms with Crippen molar-refractivity contribution in [2.75, 3.05) is 33.4 Å². The van der Waals surface area contributed by atoms with Gasteiger partial charge in [0, 0.05) is 31.1 Å². The normalized spacial score (nSPS) is 18.2. The predicted molar refractivity (Wildman–Crippen MR) is 96.2 cm³/mol. The Morgan fingerprint density at radius 2 is 2.04 bits per heavy atom. The molecule has 2 N–H and O–H groups in total. The van der Waals surface area contributed by atoms with Crippen LogP contribution in [0.1, 0.15) is 0 Å². The second kappa shape index (κ2) is 7.13. The number of benzene rings is 2. The number of nitrogens with one attached hydrogen (secondary N) is 2. The Bertz CT molecular complexity index is 862. The van der Waals surface area contributed by atoms with Gasteiger partial charge in [0.15, 0.2) is 0 Å². The van der Waals surface area contributed by atoms with E-state index >= 15 is 0 Å². The van der Waals surface area contributed by atoms with E-state index in [9.17, 15) is 0 Å². The van der Waals surface area contributed by atoms with Crippen molar-refractivity contribution in [1.29, 1.82) is 0 Å². The summed E-state index contributed by atoms with van der Waals surface area (Å²) in [7, 11) is 1.70. The summed E-state index contributed by atoms with van der Waals surface area (Å²) in [4.78, 5) is 0. The number of aromatic amines is 1. The number of hydrogen-bond acceptors (Lipinski definition) is 5. The van der Waals surface area contributed by atoms with Gasteiger partial charge < -0.3 is 19.5 Å². The molecule has 4 bridgehead atoms. The number of nitrogens with zero attached hydrogens (tertiary/aromatic N) is 1. The highest BCUT2D eigenvalue weighted by molar-refractivity contribution is 5.93. The number of H-pyrrole nitrogens is 1. The molecule has 2 heterocycles. The molecule has 1 unspecified atom stereocenters. The summed E-state index contributed by atoms with van der Waals surface area (Å²) in [5.74, 6) is 1.64. The molecule has 0 fully saturated rings. The Balaban J connectivity index is 1.74. The van der Waals surface area contributed by atoms with E-state index in [1.807, 2.05) is 42.5 Å². The number of aromatic nitrogens is 2. The van der Waals surface area contributed by atoms with Crippen molar-refractivity contribution >= 4 is 10.9 Å². The van der Waals surface area contributed by atoms with E-state index < -0.39 is 0 Å². The first-order valence-corrected chi connectivity index (χ1v) is 8.41. The molecule has 0 amide bonds. The lowest BCUT2D eigenvalue weighted by molar-refractivity contribution is 0.0576. The zero-order valence-electron chi connectivity index (χ0n) is 14.1. The summed E-state index contributed by atoms with van der Waals surface area (Å²) in [6.45, 7) is 2.52. The van der Waals surface area contributed by atoms with Gasteiger partial charge in [0.2, 0.25) is 0 Å². The van der Waals surface area contributed by atoms with Crippen LogP contribution in [-0.2, 0) is 4.74 Å². The minimum atomic E-state index is -0.0225. The fourth-order valence-electron chi connectivity index (χ4n) is 2.94. The van der Waals surface area contributed by atoms with Gasteiger partial charge in [-0.3, -0.25) is 5.10 Å². The second-order valence-electron chi connectivity index (χ2n) is 6.03. The van der Waals surface area contributed by atoms with Crippen LogP contribution in [-0.4, -0.2) is 49.7 Å². The van der Waals surface area contributed by atoms with E-state index in [1.165, 1.54) is 0 Å². The van der Waals surface area contributed by atoms with Crippen LogP contribution in [0.5, 0.6) is 11.5 Å². The van der Waals surface area contributed by atoms with Crippen LogP contribution in [0, 0.1) is 0 Å². The number of rotatable bonds is 1. The fourth-order valence-corrected chi connectivity index (χ4v) is 2.94. The van der Waals surface area contributed by atoms with Gasteiger partial charge in [-0.2, -0.15) is 5.10 Å². The smallest absolute Gasteiger partial charge is 0.120 e. The zero-order valence-corrected chi connectivity index (χ0v) is 14.1. The van der Waals surface area contributed by atoms with E-state index in [4.69, 9.17) is 14.2 Å². The minimum Gasteiger partial charge on any atom is -0.492 e. The molecule has 6 heteroatoms. The average Bonchev–Trinajstić information content (AvgIpc) is 3.07. The summed E-state index contributed by atoms with van der Waals surface area (Å²) in [5.41, 5.74) is 2.88. The minimum absolute atomic E-state index is 0.0225. The highest BCUT2D eigenvalue weighted by Gasteiger charge is 2.13. The standard InChI is InChI=1S/C19H21N3O3/c1-23-16-11-20-7-8-24-14-4-2-3-13(9-14)19-17-10-15(25-12-16)5-6-18(17)21-22-19/h2-6,9-10,16,20H,7-8,11-12H2,1H3,(H,21,22). The van der Waals surface area contributed by atoms with E-state index in [-0.39, 0.29) is 6.10 Å². The monoisotopic (exact) mass is 339 g/mol. The molecule has 25 heavy (non-hydrogen) atoms. The third-order valence-corrected chi connectivity index (χ3v) is 4.33. The summed E-state index contributed by atoms with van der Waals surface area (Å²) in [5, 5.41) is 11.9. The predicted octanol–water partition coefficient (Wildman–Crippen LogP) is 2.61. The average molecular weight is 339 g/mol.